The van der Waals surface area contributed by atoms with Crippen molar-refractivity contribution in [1.82, 2.24) is 9.78 Å². The zero-order valence-corrected chi connectivity index (χ0v) is 12.8. The Labute approximate surface area is 121 Å². The maximum atomic E-state index is 5.81. The number of hydrogen-bond donors (Lipinski definition) is 1. The molecule has 2 N–H and O–H groups in total. The summed E-state index contributed by atoms with van der Waals surface area (Å²) < 4.78 is 8.70. The second-order valence-electron chi connectivity index (χ2n) is 4.32. The first kappa shape index (κ1) is 14.1. The van der Waals surface area contributed by atoms with Crippen molar-refractivity contribution >= 4 is 15.9 Å². The van der Waals surface area contributed by atoms with Gasteiger partial charge in [0, 0.05) is 13.6 Å². The summed E-state index contributed by atoms with van der Waals surface area (Å²) in [5.41, 5.74) is 8.77. The van der Waals surface area contributed by atoms with Crippen molar-refractivity contribution in [3.8, 4) is 5.75 Å². The summed E-state index contributed by atoms with van der Waals surface area (Å²) in [6.07, 6.45) is 0.900. The number of halogens is 1. The number of aromatic nitrogens is 2. The van der Waals surface area contributed by atoms with Gasteiger partial charge in [0.15, 0.2) is 0 Å². The number of rotatable bonds is 5. The molecule has 0 aliphatic heterocycles. The first-order chi connectivity index (χ1) is 9.15. The Morgan fingerprint density at radius 1 is 1.42 bits per heavy atom. The highest BCUT2D eigenvalue weighted by Crippen LogP contribution is 2.23. The quantitative estimate of drug-likeness (QED) is 0.920. The standard InChI is InChI=1S/C14H18BrN3O/c1-3-12-14(15)13(18(2)17-12)9-19-11-6-4-5-10(7-11)8-16/h4-7H,3,8-9,16H2,1-2H3. The highest BCUT2D eigenvalue weighted by molar-refractivity contribution is 9.10. The van der Waals surface area contributed by atoms with E-state index < -0.39 is 0 Å². The van der Waals surface area contributed by atoms with Crippen molar-refractivity contribution in [3.63, 3.8) is 0 Å². The van der Waals surface area contributed by atoms with E-state index >= 15 is 0 Å². The van der Waals surface area contributed by atoms with Gasteiger partial charge in [-0.1, -0.05) is 19.1 Å². The van der Waals surface area contributed by atoms with Crippen molar-refractivity contribution in [1.29, 1.82) is 0 Å². The highest BCUT2D eigenvalue weighted by Gasteiger charge is 2.12. The molecule has 1 aromatic carbocycles. The van der Waals surface area contributed by atoms with Crippen molar-refractivity contribution in [2.75, 3.05) is 0 Å². The lowest BCUT2D eigenvalue weighted by molar-refractivity contribution is 0.294. The number of hydrogen-bond acceptors (Lipinski definition) is 3. The van der Waals surface area contributed by atoms with Gasteiger partial charge in [0.25, 0.3) is 0 Å². The highest BCUT2D eigenvalue weighted by atomic mass is 79.9. The molecule has 0 saturated heterocycles. The molecule has 19 heavy (non-hydrogen) atoms. The van der Waals surface area contributed by atoms with E-state index in [1.165, 1.54) is 0 Å². The lowest BCUT2D eigenvalue weighted by Gasteiger charge is -2.08. The lowest BCUT2D eigenvalue weighted by atomic mass is 10.2. The third kappa shape index (κ3) is 3.16. The predicted molar refractivity (Wildman–Crippen MR) is 79.0 cm³/mol. The summed E-state index contributed by atoms with van der Waals surface area (Å²) in [5.74, 6) is 0.828. The molecule has 0 saturated carbocycles. The third-order valence-electron chi connectivity index (χ3n) is 3.01. The van der Waals surface area contributed by atoms with Crippen LogP contribution < -0.4 is 10.5 Å². The van der Waals surface area contributed by atoms with E-state index in [1.807, 2.05) is 36.0 Å². The molecule has 0 bridgehead atoms. The topological polar surface area (TPSA) is 53.1 Å². The molecular weight excluding hydrogens is 306 g/mol. The normalized spacial score (nSPS) is 10.7. The molecule has 0 spiro atoms. The Hall–Kier alpha value is -1.33. The van der Waals surface area contributed by atoms with Crippen LogP contribution in [0.5, 0.6) is 5.75 Å². The number of ether oxygens (including phenoxy) is 1. The van der Waals surface area contributed by atoms with Crippen LogP contribution >= 0.6 is 15.9 Å². The van der Waals surface area contributed by atoms with Crippen molar-refractivity contribution in [3.05, 3.63) is 45.7 Å². The van der Waals surface area contributed by atoms with E-state index in [2.05, 4.69) is 28.0 Å². The molecule has 2 rings (SSSR count). The molecule has 102 valence electrons. The molecule has 0 radical (unpaired) electrons. The molecule has 5 heteroatoms. The maximum Gasteiger partial charge on any atom is 0.131 e. The summed E-state index contributed by atoms with van der Waals surface area (Å²) in [4.78, 5) is 0. The van der Waals surface area contributed by atoms with Crippen LogP contribution in [0, 0.1) is 0 Å². The fourth-order valence-corrected chi connectivity index (χ4v) is 2.62. The predicted octanol–water partition coefficient (Wildman–Crippen LogP) is 2.78. The minimum Gasteiger partial charge on any atom is -0.487 e. The molecule has 1 heterocycles. The van der Waals surface area contributed by atoms with Gasteiger partial charge in [-0.3, -0.25) is 4.68 Å². The first-order valence-electron chi connectivity index (χ1n) is 6.27. The van der Waals surface area contributed by atoms with Crippen LogP contribution in [0.15, 0.2) is 28.7 Å². The maximum absolute atomic E-state index is 5.81. The Bertz CT molecular complexity index is 566. The fraction of sp³-hybridized carbons (Fsp3) is 0.357. The molecule has 0 atom stereocenters. The average molecular weight is 324 g/mol. The van der Waals surface area contributed by atoms with Gasteiger partial charge >= 0.3 is 0 Å². The summed E-state index contributed by atoms with van der Waals surface area (Å²) in [6.45, 7) is 3.09. The Morgan fingerprint density at radius 3 is 2.84 bits per heavy atom. The summed E-state index contributed by atoms with van der Waals surface area (Å²) in [7, 11) is 1.93. The van der Waals surface area contributed by atoms with Gasteiger partial charge in [-0.25, -0.2) is 0 Å². The van der Waals surface area contributed by atoms with Crippen LogP contribution in [0.25, 0.3) is 0 Å². The zero-order valence-electron chi connectivity index (χ0n) is 11.2. The minimum absolute atomic E-state index is 0.484. The molecule has 0 amide bonds. The van der Waals surface area contributed by atoms with Crippen molar-refractivity contribution in [2.24, 2.45) is 12.8 Å². The molecule has 0 fully saturated rings. The molecule has 0 aliphatic carbocycles. The largest absolute Gasteiger partial charge is 0.487 e. The number of benzene rings is 1. The van der Waals surface area contributed by atoms with Crippen molar-refractivity contribution in [2.45, 2.75) is 26.5 Å². The smallest absolute Gasteiger partial charge is 0.131 e. The molecular formula is C14H18BrN3O. The Morgan fingerprint density at radius 2 is 2.21 bits per heavy atom. The molecule has 2 aromatic rings. The first-order valence-corrected chi connectivity index (χ1v) is 7.07. The second kappa shape index (κ2) is 6.21. The van der Waals surface area contributed by atoms with Gasteiger partial charge in [0.05, 0.1) is 15.9 Å². The lowest BCUT2D eigenvalue weighted by Crippen LogP contribution is -2.04. The van der Waals surface area contributed by atoms with Gasteiger partial charge in [0.2, 0.25) is 0 Å². The second-order valence-corrected chi connectivity index (χ2v) is 5.12. The number of nitrogens with zero attached hydrogens (tertiary/aromatic N) is 2. The third-order valence-corrected chi connectivity index (χ3v) is 3.93. The Balaban J connectivity index is 2.12. The van der Waals surface area contributed by atoms with Gasteiger partial charge < -0.3 is 10.5 Å². The number of aryl methyl sites for hydroxylation is 2. The van der Waals surface area contributed by atoms with Crippen LogP contribution in [-0.2, 0) is 26.6 Å². The van der Waals surface area contributed by atoms with E-state index in [4.69, 9.17) is 10.5 Å². The van der Waals surface area contributed by atoms with Crippen LogP contribution in [0.1, 0.15) is 23.9 Å². The number of nitrogens with two attached hydrogens (primary N) is 1. The SMILES string of the molecule is CCc1nn(C)c(COc2cccc(CN)c2)c1Br. The summed E-state index contributed by atoms with van der Waals surface area (Å²) in [6, 6.07) is 7.84. The van der Waals surface area contributed by atoms with E-state index in [-0.39, 0.29) is 0 Å². The van der Waals surface area contributed by atoms with Crippen LogP contribution in [0.4, 0.5) is 0 Å². The van der Waals surface area contributed by atoms with Crippen LogP contribution in [0.3, 0.4) is 0 Å². The van der Waals surface area contributed by atoms with Gasteiger partial charge in [0.1, 0.15) is 12.4 Å². The fourth-order valence-electron chi connectivity index (χ4n) is 1.89. The Kier molecular flexibility index (Phi) is 4.61. The van der Waals surface area contributed by atoms with Crippen LogP contribution in [-0.4, -0.2) is 9.78 Å². The molecule has 4 nitrogen and oxygen atoms in total. The minimum atomic E-state index is 0.484. The van der Waals surface area contributed by atoms with E-state index in [0.29, 0.717) is 13.2 Å². The van der Waals surface area contributed by atoms with Crippen molar-refractivity contribution < 1.29 is 4.74 Å². The van der Waals surface area contributed by atoms with Gasteiger partial charge in [-0.2, -0.15) is 5.10 Å². The molecule has 0 aliphatic rings. The van der Waals surface area contributed by atoms with E-state index in [0.717, 1.165) is 33.6 Å². The van der Waals surface area contributed by atoms with Gasteiger partial charge in [-0.05, 0) is 40.0 Å². The monoisotopic (exact) mass is 323 g/mol. The average Bonchev–Trinajstić information content (AvgIpc) is 2.71. The molecule has 0 unspecified atom stereocenters. The van der Waals surface area contributed by atoms with Gasteiger partial charge in [-0.15, -0.1) is 0 Å². The molecule has 1 aromatic heterocycles. The van der Waals surface area contributed by atoms with E-state index in [9.17, 15) is 0 Å². The summed E-state index contributed by atoms with van der Waals surface area (Å²) in [5, 5.41) is 4.44. The van der Waals surface area contributed by atoms with Crippen LogP contribution in [0.2, 0.25) is 0 Å². The zero-order chi connectivity index (χ0) is 13.8. The summed E-state index contributed by atoms with van der Waals surface area (Å²) >= 11 is 3.58. The van der Waals surface area contributed by atoms with E-state index in [1.54, 1.807) is 0 Å².